The van der Waals surface area contributed by atoms with Gasteiger partial charge in [0.1, 0.15) is 5.75 Å². The molecular weight excluding hydrogens is 430 g/mol. The minimum atomic E-state index is -3.24. The summed E-state index contributed by atoms with van der Waals surface area (Å²) in [5, 5.41) is 6.05. The molecule has 2 aromatic rings. The summed E-state index contributed by atoms with van der Waals surface area (Å²) in [5.41, 5.74) is 1.21. The summed E-state index contributed by atoms with van der Waals surface area (Å²) in [6.45, 7) is 0.635. The topological polar surface area (TPSA) is 105 Å². The highest BCUT2D eigenvalue weighted by Gasteiger charge is 2.29. The molecule has 2 aromatic carbocycles. The van der Waals surface area contributed by atoms with Gasteiger partial charge in [0.05, 0.1) is 17.5 Å². The molecule has 0 unspecified atom stereocenters. The van der Waals surface area contributed by atoms with Gasteiger partial charge in [-0.05, 0) is 49.2 Å². The molecule has 2 amide bonds. The molecule has 30 heavy (non-hydrogen) atoms. The Morgan fingerprint density at radius 2 is 1.87 bits per heavy atom. The second-order valence-electron chi connectivity index (χ2n) is 7.33. The number of piperidine rings is 1. The minimum Gasteiger partial charge on any atom is -0.454 e. The van der Waals surface area contributed by atoms with E-state index >= 15 is 0 Å². The van der Waals surface area contributed by atoms with Crippen molar-refractivity contribution in [2.24, 2.45) is 5.92 Å². The lowest BCUT2D eigenvalue weighted by Gasteiger charge is -2.29. The number of amides is 2. The average Bonchev–Trinajstić information content (AvgIpc) is 2.83. The highest BCUT2D eigenvalue weighted by molar-refractivity contribution is 7.88. The third-order valence-corrected chi connectivity index (χ3v) is 6.73. The number of carbonyl (C=O) groups is 2. The smallest absolute Gasteiger partial charge is 0.259 e. The fraction of sp³-hybridized carbons (Fsp3) is 0.300. The quantitative estimate of drug-likeness (QED) is 0.748. The van der Waals surface area contributed by atoms with Crippen molar-refractivity contribution in [1.29, 1.82) is 0 Å². The molecular formula is C20H20ClN3O5S. The first-order chi connectivity index (χ1) is 14.2. The van der Waals surface area contributed by atoms with Crippen molar-refractivity contribution in [3.63, 3.8) is 0 Å². The summed E-state index contributed by atoms with van der Waals surface area (Å²) >= 11 is 5.99. The molecule has 0 atom stereocenters. The zero-order chi connectivity index (χ0) is 21.5. The Bertz CT molecular complexity index is 1130. The van der Waals surface area contributed by atoms with Crippen molar-refractivity contribution in [1.82, 2.24) is 4.31 Å². The van der Waals surface area contributed by atoms with Gasteiger partial charge in [0, 0.05) is 29.7 Å². The van der Waals surface area contributed by atoms with Gasteiger partial charge in [-0.3, -0.25) is 9.59 Å². The summed E-state index contributed by atoms with van der Waals surface area (Å²) in [6.07, 6.45) is 2.06. The van der Waals surface area contributed by atoms with E-state index in [0.29, 0.717) is 53.8 Å². The van der Waals surface area contributed by atoms with Crippen LogP contribution in [0.1, 0.15) is 23.2 Å². The fourth-order valence-electron chi connectivity index (χ4n) is 3.57. The van der Waals surface area contributed by atoms with Gasteiger partial charge in [-0.2, -0.15) is 0 Å². The van der Waals surface area contributed by atoms with Crippen LogP contribution in [-0.4, -0.2) is 43.9 Å². The zero-order valence-corrected chi connectivity index (χ0v) is 17.7. The number of rotatable bonds is 3. The number of benzene rings is 2. The van der Waals surface area contributed by atoms with Gasteiger partial charge < -0.3 is 15.4 Å². The molecule has 0 aliphatic carbocycles. The van der Waals surface area contributed by atoms with E-state index in [9.17, 15) is 18.0 Å². The van der Waals surface area contributed by atoms with Crippen LogP contribution in [0.4, 0.5) is 11.4 Å². The average molecular weight is 450 g/mol. The normalized spacial score (nSPS) is 17.2. The van der Waals surface area contributed by atoms with Crippen molar-refractivity contribution in [3.05, 3.63) is 47.0 Å². The number of carbonyl (C=O) groups excluding carboxylic acids is 2. The highest BCUT2D eigenvalue weighted by atomic mass is 35.5. The van der Waals surface area contributed by atoms with Crippen molar-refractivity contribution in [3.8, 4) is 11.5 Å². The molecule has 0 spiro atoms. The molecule has 2 aliphatic heterocycles. The summed E-state index contributed by atoms with van der Waals surface area (Å²) in [7, 11) is -3.24. The lowest BCUT2D eigenvalue weighted by molar-refractivity contribution is -0.120. The Hall–Kier alpha value is -2.62. The first-order valence-electron chi connectivity index (χ1n) is 9.39. The molecule has 158 valence electrons. The predicted octanol–water partition coefficient (Wildman–Crippen LogP) is 3.31. The number of hydrogen-bond donors (Lipinski definition) is 2. The van der Waals surface area contributed by atoms with Gasteiger partial charge in [-0.25, -0.2) is 12.7 Å². The number of nitrogens with one attached hydrogen (secondary N) is 2. The summed E-state index contributed by atoms with van der Waals surface area (Å²) in [6, 6.07) is 9.79. The molecule has 0 saturated carbocycles. The van der Waals surface area contributed by atoms with Crippen molar-refractivity contribution >= 4 is 44.8 Å². The first-order valence-corrected chi connectivity index (χ1v) is 11.6. The van der Waals surface area contributed by atoms with Crippen LogP contribution < -0.4 is 15.4 Å². The van der Waals surface area contributed by atoms with Crippen molar-refractivity contribution in [2.45, 2.75) is 12.8 Å². The molecule has 4 rings (SSSR count). The van der Waals surface area contributed by atoms with Gasteiger partial charge in [0.15, 0.2) is 5.75 Å². The van der Waals surface area contributed by atoms with Crippen molar-refractivity contribution in [2.75, 3.05) is 30.0 Å². The standard InChI is InChI=1S/C20H20ClN3O5S/c1-30(27,28)24-8-6-12(7-9-24)19(25)22-14-3-5-17-15(11-14)20(26)23-16-10-13(21)2-4-18(16)29-17/h2-5,10-12H,6-9H2,1H3,(H,22,25)(H,23,26). The molecule has 0 radical (unpaired) electrons. The maximum atomic E-state index is 12.6. The maximum absolute atomic E-state index is 12.6. The van der Waals surface area contributed by atoms with Crippen LogP contribution in [0.2, 0.25) is 5.02 Å². The van der Waals surface area contributed by atoms with E-state index in [1.54, 1.807) is 36.4 Å². The number of anilines is 2. The van der Waals surface area contributed by atoms with E-state index in [1.165, 1.54) is 10.6 Å². The third kappa shape index (κ3) is 4.28. The number of ether oxygens (including phenoxy) is 1. The SMILES string of the molecule is CS(=O)(=O)N1CCC(C(=O)Nc2ccc3c(c2)C(=O)Nc2cc(Cl)ccc2O3)CC1. The second-order valence-corrected chi connectivity index (χ2v) is 9.75. The van der Waals surface area contributed by atoms with E-state index in [4.69, 9.17) is 16.3 Å². The van der Waals surface area contributed by atoms with Crippen LogP contribution in [0.5, 0.6) is 11.5 Å². The lowest BCUT2D eigenvalue weighted by atomic mass is 9.97. The van der Waals surface area contributed by atoms with Gasteiger partial charge >= 0.3 is 0 Å². The highest BCUT2D eigenvalue weighted by Crippen LogP contribution is 2.38. The minimum absolute atomic E-state index is 0.201. The molecule has 1 saturated heterocycles. The Balaban J connectivity index is 1.48. The Morgan fingerprint density at radius 3 is 2.57 bits per heavy atom. The van der Waals surface area contributed by atoms with Gasteiger partial charge in [-0.1, -0.05) is 11.6 Å². The van der Waals surface area contributed by atoms with Gasteiger partial charge in [0.2, 0.25) is 15.9 Å². The number of halogens is 1. The monoisotopic (exact) mass is 449 g/mol. The first kappa shape index (κ1) is 20.6. The summed E-state index contributed by atoms with van der Waals surface area (Å²) < 4.78 is 30.4. The molecule has 0 aromatic heterocycles. The van der Waals surface area contributed by atoms with E-state index < -0.39 is 10.0 Å². The Kier molecular flexibility index (Phi) is 5.44. The Morgan fingerprint density at radius 1 is 1.17 bits per heavy atom. The van der Waals surface area contributed by atoms with E-state index in [1.807, 2.05) is 0 Å². The molecule has 2 heterocycles. The summed E-state index contributed by atoms with van der Waals surface area (Å²) in [5.74, 6) is -0.0241. The van der Waals surface area contributed by atoms with Crippen LogP contribution in [0, 0.1) is 5.92 Å². The van der Waals surface area contributed by atoms with Crippen LogP contribution >= 0.6 is 11.6 Å². The molecule has 0 bridgehead atoms. The largest absolute Gasteiger partial charge is 0.454 e. The van der Waals surface area contributed by atoms with E-state index in [-0.39, 0.29) is 23.3 Å². The maximum Gasteiger partial charge on any atom is 0.259 e. The van der Waals surface area contributed by atoms with Crippen molar-refractivity contribution < 1.29 is 22.7 Å². The summed E-state index contributed by atoms with van der Waals surface area (Å²) in [4.78, 5) is 25.3. The molecule has 10 heteroatoms. The van der Waals surface area contributed by atoms with Crippen LogP contribution in [0.15, 0.2) is 36.4 Å². The van der Waals surface area contributed by atoms with Crippen LogP contribution in [0.25, 0.3) is 0 Å². The second kappa shape index (κ2) is 7.90. The number of fused-ring (bicyclic) bond motifs is 2. The van der Waals surface area contributed by atoms with Gasteiger partial charge in [0.25, 0.3) is 5.91 Å². The predicted molar refractivity (Wildman–Crippen MR) is 114 cm³/mol. The lowest BCUT2D eigenvalue weighted by Crippen LogP contribution is -2.40. The molecule has 2 aliphatic rings. The fourth-order valence-corrected chi connectivity index (χ4v) is 4.61. The molecule has 1 fully saturated rings. The number of hydrogen-bond acceptors (Lipinski definition) is 5. The van der Waals surface area contributed by atoms with Crippen LogP contribution in [0.3, 0.4) is 0 Å². The zero-order valence-electron chi connectivity index (χ0n) is 16.1. The van der Waals surface area contributed by atoms with Gasteiger partial charge in [-0.15, -0.1) is 0 Å². The third-order valence-electron chi connectivity index (χ3n) is 5.20. The molecule has 8 nitrogen and oxygen atoms in total. The number of nitrogens with zero attached hydrogens (tertiary/aromatic N) is 1. The molecule has 2 N–H and O–H groups in total. The van der Waals surface area contributed by atoms with E-state index in [0.717, 1.165) is 0 Å². The Labute approximate surface area is 179 Å². The number of sulfonamides is 1. The van der Waals surface area contributed by atoms with E-state index in [2.05, 4.69) is 10.6 Å². The van der Waals surface area contributed by atoms with Crippen LogP contribution in [-0.2, 0) is 14.8 Å².